The highest BCUT2D eigenvalue weighted by Crippen LogP contribution is 2.67. The summed E-state index contributed by atoms with van der Waals surface area (Å²) in [5.74, 6) is 1.90. The van der Waals surface area contributed by atoms with E-state index in [-0.39, 0.29) is 28.7 Å². The van der Waals surface area contributed by atoms with Gasteiger partial charge in [0.2, 0.25) is 0 Å². The van der Waals surface area contributed by atoms with Gasteiger partial charge in [-0.2, -0.15) is 0 Å². The Morgan fingerprint density at radius 3 is 2.79 bits per heavy atom. The summed E-state index contributed by atoms with van der Waals surface area (Å²) < 4.78 is 5.00. The number of hydrogen-bond acceptors (Lipinski definition) is 4. The summed E-state index contributed by atoms with van der Waals surface area (Å²) in [6, 6.07) is 0. The molecule has 3 saturated carbocycles. The van der Waals surface area contributed by atoms with Gasteiger partial charge in [-0.05, 0) is 92.4 Å². The Balaban J connectivity index is 1.53. The molecule has 7 atom stereocenters. The topological polar surface area (TPSA) is 63.6 Å². The third-order valence-electron chi connectivity index (χ3n) is 9.14. The Kier molecular flexibility index (Phi) is 5.52. The zero-order chi connectivity index (χ0) is 20.8. The number of aliphatic hydroxyl groups is 1. The van der Waals surface area contributed by atoms with E-state index in [9.17, 15) is 14.7 Å². The van der Waals surface area contributed by atoms with Crippen molar-refractivity contribution in [2.75, 3.05) is 6.61 Å². The minimum Gasteiger partial charge on any atom is -0.463 e. The van der Waals surface area contributed by atoms with E-state index in [1.54, 1.807) is 6.08 Å². The molecule has 0 spiro atoms. The number of carbonyl (C=O) groups excluding carboxylic acids is 2. The van der Waals surface area contributed by atoms with E-state index in [2.05, 4.69) is 13.8 Å². The molecule has 4 rings (SSSR count). The molecule has 4 heteroatoms. The maximum absolute atomic E-state index is 12.0. The largest absolute Gasteiger partial charge is 0.463 e. The summed E-state index contributed by atoms with van der Waals surface area (Å²) in [4.78, 5) is 23.6. The minimum absolute atomic E-state index is 0.0844. The summed E-state index contributed by atoms with van der Waals surface area (Å²) in [5.41, 5.74) is 1.52. The highest BCUT2D eigenvalue weighted by atomic mass is 16.5. The van der Waals surface area contributed by atoms with E-state index >= 15 is 0 Å². The average molecular weight is 401 g/mol. The first-order chi connectivity index (χ1) is 13.8. The third-order valence-corrected chi connectivity index (χ3v) is 9.14. The van der Waals surface area contributed by atoms with Gasteiger partial charge in [0.05, 0.1) is 12.7 Å². The quantitative estimate of drug-likeness (QED) is 0.553. The van der Waals surface area contributed by atoms with Gasteiger partial charge in [0, 0.05) is 12.5 Å². The zero-order valence-electron chi connectivity index (χ0n) is 18.2. The van der Waals surface area contributed by atoms with E-state index in [0.717, 1.165) is 19.3 Å². The monoisotopic (exact) mass is 400 g/mol. The lowest BCUT2D eigenvalue weighted by Crippen LogP contribution is -2.55. The van der Waals surface area contributed by atoms with Gasteiger partial charge in [0.1, 0.15) is 0 Å². The molecule has 29 heavy (non-hydrogen) atoms. The molecule has 4 nitrogen and oxygen atoms in total. The molecule has 0 aromatic rings. The van der Waals surface area contributed by atoms with Crippen LogP contribution in [0, 0.1) is 34.5 Å². The smallest absolute Gasteiger partial charge is 0.330 e. The Morgan fingerprint density at radius 1 is 1.24 bits per heavy atom. The van der Waals surface area contributed by atoms with Crippen molar-refractivity contribution in [2.45, 2.75) is 78.2 Å². The first-order valence-corrected chi connectivity index (χ1v) is 11.5. The molecule has 160 valence electrons. The summed E-state index contributed by atoms with van der Waals surface area (Å²) in [7, 11) is 0. The van der Waals surface area contributed by atoms with Crippen LogP contribution in [0.4, 0.5) is 0 Å². The second-order valence-electron chi connectivity index (χ2n) is 10.3. The first kappa shape index (κ1) is 20.8. The van der Waals surface area contributed by atoms with Gasteiger partial charge in [-0.25, -0.2) is 4.79 Å². The van der Waals surface area contributed by atoms with Crippen molar-refractivity contribution >= 4 is 11.8 Å². The van der Waals surface area contributed by atoms with Crippen molar-refractivity contribution in [3.63, 3.8) is 0 Å². The van der Waals surface area contributed by atoms with Crippen molar-refractivity contribution in [1.82, 2.24) is 0 Å². The number of hydrogen-bond donors (Lipinski definition) is 1. The van der Waals surface area contributed by atoms with Crippen molar-refractivity contribution in [1.29, 1.82) is 0 Å². The number of aliphatic hydroxyl groups excluding tert-OH is 1. The summed E-state index contributed by atoms with van der Waals surface area (Å²) >= 11 is 0. The van der Waals surface area contributed by atoms with E-state index in [1.165, 1.54) is 24.8 Å². The van der Waals surface area contributed by atoms with E-state index < -0.39 is 0 Å². The van der Waals surface area contributed by atoms with Crippen molar-refractivity contribution in [3.8, 4) is 0 Å². The molecule has 3 fully saturated rings. The van der Waals surface area contributed by atoms with Crippen LogP contribution in [-0.4, -0.2) is 29.6 Å². The molecule has 0 bridgehead atoms. The van der Waals surface area contributed by atoms with Crippen LogP contribution in [0.5, 0.6) is 0 Å². The Labute approximate surface area is 174 Å². The summed E-state index contributed by atoms with van der Waals surface area (Å²) in [6.45, 7) is 7.01. The van der Waals surface area contributed by atoms with Crippen LogP contribution in [0.2, 0.25) is 0 Å². The van der Waals surface area contributed by atoms with E-state index in [4.69, 9.17) is 4.74 Å². The van der Waals surface area contributed by atoms with Gasteiger partial charge in [-0.3, -0.25) is 4.79 Å². The predicted octanol–water partition coefficient (Wildman–Crippen LogP) is 4.61. The molecule has 0 aromatic carbocycles. The lowest BCUT2D eigenvalue weighted by molar-refractivity contribution is -0.137. The van der Waals surface area contributed by atoms with Crippen LogP contribution in [-0.2, 0) is 14.3 Å². The number of carbonyl (C=O) groups is 2. The van der Waals surface area contributed by atoms with Crippen molar-refractivity contribution in [2.24, 2.45) is 34.5 Å². The Hall–Kier alpha value is -1.42. The van der Waals surface area contributed by atoms with Gasteiger partial charge in [-0.15, -0.1) is 0 Å². The number of esters is 1. The number of ketones is 1. The maximum Gasteiger partial charge on any atom is 0.330 e. The molecule has 0 aliphatic heterocycles. The van der Waals surface area contributed by atoms with Crippen LogP contribution < -0.4 is 0 Å². The Bertz CT molecular complexity index is 737. The van der Waals surface area contributed by atoms with Gasteiger partial charge >= 0.3 is 5.97 Å². The van der Waals surface area contributed by atoms with Gasteiger partial charge < -0.3 is 9.84 Å². The molecule has 0 amide bonds. The van der Waals surface area contributed by atoms with Gasteiger partial charge in [0.15, 0.2) is 5.78 Å². The third kappa shape index (κ3) is 3.41. The average Bonchev–Trinajstić information content (AvgIpc) is 3.00. The Morgan fingerprint density at radius 2 is 2.03 bits per heavy atom. The summed E-state index contributed by atoms with van der Waals surface area (Å²) in [5, 5.41) is 11.2. The molecule has 0 aromatic heterocycles. The molecule has 0 saturated heterocycles. The van der Waals surface area contributed by atoms with Crippen LogP contribution >= 0.6 is 0 Å². The molecule has 4 aliphatic rings. The SMILES string of the molecule is CCOC(=O)/C=C/CC1CCC2C3C(O)CC4=CC(=O)CCC4(C)C3CCC12C. The second kappa shape index (κ2) is 7.68. The van der Waals surface area contributed by atoms with Crippen LogP contribution in [0.3, 0.4) is 0 Å². The molecule has 0 radical (unpaired) electrons. The molecule has 4 aliphatic carbocycles. The molecule has 1 N–H and O–H groups in total. The van der Waals surface area contributed by atoms with Crippen LogP contribution in [0.15, 0.2) is 23.8 Å². The second-order valence-corrected chi connectivity index (χ2v) is 10.3. The first-order valence-electron chi connectivity index (χ1n) is 11.5. The van der Waals surface area contributed by atoms with E-state index in [1.807, 2.05) is 19.1 Å². The fourth-order valence-corrected chi connectivity index (χ4v) is 7.54. The normalized spacial score (nSPS) is 44.1. The molecular weight excluding hydrogens is 364 g/mol. The predicted molar refractivity (Wildman–Crippen MR) is 112 cm³/mol. The number of allylic oxidation sites excluding steroid dienone is 1. The highest BCUT2D eigenvalue weighted by Gasteiger charge is 2.60. The van der Waals surface area contributed by atoms with Gasteiger partial charge in [-0.1, -0.05) is 25.5 Å². The van der Waals surface area contributed by atoms with Crippen LogP contribution in [0.25, 0.3) is 0 Å². The number of ether oxygens (including phenoxy) is 1. The molecule has 7 unspecified atom stereocenters. The van der Waals surface area contributed by atoms with Crippen LogP contribution in [0.1, 0.15) is 72.1 Å². The standard InChI is InChI=1S/C25H36O4/c1-4-29-22(28)7-5-6-16-8-9-19-23-20(11-13-24(16,19)2)25(3)12-10-18(26)14-17(25)15-21(23)27/h5,7,14,16,19-21,23,27H,4,6,8-13,15H2,1-3H3/b7-5+. The summed E-state index contributed by atoms with van der Waals surface area (Å²) in [6.07, 6.45) is 12.9. The highest BCUT2D eigenvalue weighted by molar-refractivity contribution is 5.91. The van der Waals surface area contributed by atoms with Gasteiger partial charge in [0.25, 0.3) is 0 Å². The zero-order valence-corrected chi connectivity index (χ0v) is 18.2. The lowest BCUT2D eigenvalue weighted by atomic mass is 9.46. The molecular formula is C25H36O4. The fraction of sp³-hybridized carbons (Fsp3) is 0.760. The maximum atomic E-state index is 12.0. The van der Waals surface area contributed by atoms with Crippen molar-refractivity contribution in [3.05, 3.63) is 23.8 Å². The van der Waals surface area contributed by atoms with E-state index in [0.29, 0.717) is 43.1 Å². The number of rotatable bonds is 4. The fourth-order valence-electron chi connectivity index (χ4n) is 7.54. The van der Waals surface area contributed by atoms with Crippen molar-refractivity contribution < 1.29 is 19.4 Å². The minimum atomic E-state index is -0.330. The lowest BCUT2D eigenvalue weighted by Gasteiger charge is -2.59. The number of fused-ring (bicyclic) bond motifs is 5. The molecule has 0 heterocycles.